The lowest BCUT2D eigenvalue weighted by atomic mass is 9.92. The monoisotopic (exact) mass is 226 g/mol. The molecule has 0 amide bonds. The molecule has 0 spiro atoms. The van der Waals surface area contributed by atoms with Crippen LogP contribution in [-0.4, -0.2) is 50.8 Å². The van der Waals surface area contributed by atoms with E-state index in [9.17, 15) is 0 Å². The first kappa shape index (κ1) is 12.3. The van der Waals surface area contributed by atoms with E-state index in [2.05, 4.69) is 17.3 Å². The van der Waals surface area contributed by atoms with Gasteiger partial charge in [-0.05, 0) is 64.7 Å². The summed E-state index contributed by atoms with van der Waals surface area (Å²) in [4.78, 5) is 2.66. The molecule has 0 bridgehead atoms. The number of hydrogen-bond donors (Lipinski definition) is 1. The summed E-state index contributed by atoms with van der Waals surface area (Å²) in [5.74, 6) is 0.952. The van der Waals surface area contributed by atoms with Gasteiger partial charge in [0, 0.05) is 12.6 Å². The maximum atomic E-state index is 5.58. The number of nitrogens with one attached hydrogen (secondary N) is 1. The fourth-order valence-electron chi connectivity index (χ4n) is 2.97. The van der Waals surface area contributed by atoms with Gasteiger partial charge in [-0.3, -0.25) is 4.90 Å². The van der Waals surface area contributed by atoms with Crippen molar-refractivity contribution in [3.8, 4) is 0 Å². The van der Waals surface area contributed by atoms with Crippen LogP contribution >= 0.6 is 0 Å². The second-order valence-electron chi connectivity index (χ2n) is 5.24. The molecule has 0 aliphatic carbocycles. The van der Waals surface area contributed by atoms with E-state index >= 15 is 0 Å². The SMILES string of the molecule is CNCCC1CCN(C2CCCOC2)CC1. The average Bonchev–Trinajstić information content (AvgIpc) is 2.38. The van der Waals surface area contributed by atoms with Crippen LogP contribution < -0.4 is 5.32 Å². The van der Waals surface area contributed by atoms with Crippen molar-refractivity contribution >= 4 is 0 Å². The van der Waals surface area contributed by atoms with E-state index in [4.69, 9.17) is 4.74 Å². The van der Waals surface area contributed by atoms with Gasteiger partial charge in [-0.25, -0.2) is 0 Å². The number of rotatable bonds is 4. The van der Waals surface area contributed by atoms with Crippen LogP contribution in [0.5, 0.6) is 0 Å². The van der Waals surface area contributed by atoms with E-state index in [-0.39, 0.29) is 0 Å². The quantitative estimate of drug-likeness (QED) is 0.786. The minimum absolute atomic E-state index is 0.721. The van der Waals surface area contributed by atoms with Crippen LogP contribution in [0, 0.1) is 5.92 Å². The van der Waals surface area contributed by atoms with Crippen LogP contribution in [0.4, 0.5) is 0 Å². The smallest absolute Gasteiger partial charge is 0.0621 e. The van der Waals surface area contributed by atoms with E-state index in [1.54, 1.807) is 0 Å². The summed E-state index contributed by atoms with van der Waals surface area (Å²) in [6.07, 6.45) is 6.73. The maximum Gasteiger partial charge on any atom is 0.0621 e. The molecule has 0 aromatic rings. The second kappa shape index (κ2) is 6.58. The minimum Gasteiger partial charge on any atom is -0.380 e. The van der Waals surface area contributed by atoms with Crippen molar-refractivity contribution in [3.05, 3.63) is 0 Å². The molecule has 0 aromatic carbocycles. The van der Waals surface area contributed by atoms with Gasteiger partial charge in [0.25, 0.3) is 0 Å². The Hall–Kier alpha value is -0.120. The first-order valence-electron chi connectivity index (χ1n) is 6.86. The zero-order valence-electron chi connectivity index (χ0n) is 10.6. The third kappa shape index (κ3) is 3.44. The molecule has 2 rings (SSSR count). The molecule has 2 heterocycles. The van der Waals surface area contributed by atoms with Gasteiger partial charge in [0.15, 0.2) is 0 Å². The molecule has 1 atom stereocenters. The molecule has 16 heavy (non-hydrogen) atoms. The molecule has 2 aliphatic heterocycles. The maximum absolute atomic E-state index is 5.58. The van der Waals surface area contributed by atoms with Crippen molar-refractivity contribution in [1.82, 2.24) is 10.2 Å². The van der Waals surface area contributed by atoms with E-state index in [0.29, 0.717) is 0 Å². The molecule has 2 aliphatic rings. The summed E-state index contributed by atoms with van der Waals surface area (Å²) in [5, 5.41) is 3.26. The molecule has 1 unspecified atom stereocenters. The fourth-order valence-corrected chi connectivity index (χ4v) is 2.97. The molecule has 1 N–H and O–H groups in total. The molecular formula is C13H26N2O. The molecule has 0 radical (unpaired) electrons. The number of likely N-dealkylation sites (tertiary alicyclic amines) is 1. The third-order valence-electron chi connectivity index (χ3n) is 4.10. The number of piperidine rings is 1. The first-order chi connectivity index (χ1) is 7.90. The largest absolute Gasteiger partial charge is 0.380 e. The summed E-state index contributed by atoms with van der Waals surface area (Å²) < 4.78 is 5.58. The number of ether oxygens (including phenoxy) is 1. The Morgan fingerprint density at radius 3 is 2.69 bits per heavy atom. The molecular weight excluding hydrogens is 200 g/mol. The molecule has 2 saturated heterocycles. The Morgan fingerprint density at radius 2 is 2.06 bits per heavy atom. The molecule has 3 nitrogen and oxygen atoms in total. The van der Waals surface area contributed by atoms with Gasteiger partial charge in [0.1, 0.15) is 0 Å². The molecule has 3 heteroatoms. The van der Waals surface area contributed by atoms with Crippen molar-refractivity contribution < 1.29 is 4.74 Å². The van der Waals surface area contributed by atoms with Gasteiger partial charge in [-0.15, -0.1) is 0 Å². The predicted octanol–water partition coefficient (Wildman–Crippen LogP) is 1.49. The van der Waals surface area contributed by atoms with E-state index in [0.717, 1.165) is 25.2 Å². The van der Waals surface area contributed by atoms with Crippen LogP contribution in [-0.2, 0) is 4.74 Å². The first-order valence-corrected chi connectivity index (χ1v) is 6.86. The summed E-state index contributed by atoms with van der Waals surface area (Å²) >= 11 is 0. The van der Waals surface area contributed by atoms with E-state index < -0.39 is 0 Å². The average molecular weight is 226 g/mol. The Balaban J connectivity index is 1.67. The lowest BCUT2D eigenvalue weighted by molar-refractivity contribution is 0.00450. The Kier molecular flexibility index (Phi) is 5.07. The second-order valence-corrected chi connectivity index (χ2v) is 5.24. The van der Waals surface area contributed by atoms with Gasteiger partial charge >= 0.3 is 0 Å². The molecule has 2 fully saturated rings. The lowest BCUT2D eigenvalue weighted by Gasteiger charge is -2.39. The van der Waals surface area contributed by atoms with Gasteiger partial charge < -0.3 is 10.1 Å². The topological polar surface area (TPSA) is 24.5 Å². The van der Waals surface area contributed by atoms with Crippen LogP contribution in [0.2, 0.25) is 0 Å². The van der Waals surface area contributed by atoms with Gasteiger partial charge in [0.2, 0.25) is 0 Å². The van der Waals surface area contributed by atoms with Crippen molar-refractivity contribution in [2.24, 2.45) is 5.92 Å². The van der Waals surface area contributed by atoms with Crippen molar-refractivity contribution in [2.75, 3.05) is 39.9 Å². The summed E-state index contributed by atoms with van der Waals surface area (Å²) in [6.45, 7) is 5.72. The highest BCUT2D eigenvalue weighted by Gasteiger charge is 2.26. The fraction of sp³-hybridized carbons (Fsp3) is 1.00. The van der Waals surface area contributed by atoms with Crippen LogP contribution in [0.1, 0.15) is 32.1 Å². The number of nitrogens with zero attached hydrogens (tertiary/aromatic N) is 1. The zero-order valence-corrected chi connectivity index (χ0v) is 10.6. The minimum atomic E-state index is 0.721. The van der Waals surface area contributed by atoms with Gasteiger partial charge in [0.05, 0.1) is 6.61 Å². The highest BCUT2D eigenvalue weighted by molar-refractivity contribution is 4.80. The highest BCUT2D eigenvalue weighted by Crippen LogP contribution is 2.24. The van der Waals surface area contributed by atoms with Crippen molar-refractivity contribution in [3.63, 3.8) is 0 Å². The molecule has 94 valence electrons. The molecule has 0 saturated carbocycles. The summed E-state index contributed by atoms with van der Waals surface area (Å²) in [7, 11) is 2.05. The summed E-state index contributed by atoms with van der Waals surface area (Å²) in [6, 6.07) is 0.721. The van der Waals surface area contributed by atoms with Crippen LogP contribution in [0.15, 0.2) is 0 Å². The predicted molar refractivity (Wildman–Crippen MR) is 66.7 cm³/mol. The standard InChI is InChI=1S/C13H26N2O/c1-14-7-4-12-5-8-15(9-6-12)13-3-2-10-16-11-13/h12-14H,2-11H2,1H3. The lowest BCUT2D eigenvalue weighted by Crippen LogP contribution is -2.45. The highest BCUT2D eigenvalue weighted by atomic mass is 16.5. The summed E-state index contributed by atoms with van der Waals surface area (Å²) in [5.41, 5.74) is 0. The zero-order chi connectivity index (χ0) is 11.2. The van der Waals surface area contributed by atoms with Gasteiger partial charge in [-0.1, -0.05) is 0 Å². The van der Waals surface area contributed by atoms with Crippen LogP contribution in [0.3, 0.4) is 0 Å². The van der Waals surface area contributed by atoms with E-state index in [1.807, 2.05) is 0 Å². The van der Waals surface area contributed by atoms with E-state index in [1.165, 1.54) is 51.7 Å². The van der Waals surface area contributed by atoms with Crippen LogP contribution in [0.25, 0.3) is 0 Å². The number of hydrogen-bond acceptors (Lipinski definition) is 3. The van der Waals surface area contributed by atoms with Gasteiger partial charge in [-0.2, -0.15) is 0 Å². The van der Waals surface area contributed by atoms with Crippen molar-refractivity contribution in [2.45, 2.75) is 38.1 Å². The van der Waals surface area contributed by atoms with Crippen molar-refractivity contribution in [1.29, 1.82) is 0 Å². The normalized spacial score (nSPS) is 29.4. The Morgan fingerprint density at radius 1 is 1.25 bits per heavy atom. The third-order valence-corrected chi connectivity index (χ3v) is 4.10. The Labute approximate surface area is 99.5 Å². The molecule has 0 aromatic heterocycles. The Bertz CT molecular complexity index is 184.